The van der Waals surface area contributed by atoms with Gasteiger partial charge in [-0.2, -0.15) is 0 Å². The number of benzene rings is 1. The van der Waals surface area contributed by atoms with Gasteiger partial charge in [0.05, 0.1) is 13.2 Å². The van der Waals surface area contributed by atoms with Gasteiger partial charge in [0.25, 0.3) is 0 Å². The largest absolute Gasteiger partial charge is 0.506 e. The molecule has 1 rings (SSSR count). The molecule has 0 spiro atoms. The van der Waals surface area contributed by atoms with Gasteiger partial charge in [0.1, 0.15) is 16.9 Å². The Labute approximate surface area is 105 Å². The van der Waals surface area contributed by atoms with Crippen LogP contribution in [0.5, 0.6) is 5.75 Å². The SMILES string of the molecule is CCOC(=O)c1ccc(C)c(C(=O)OCC)c1O. The molecule has 0 amide bonds. The van der Waals surface area contributed by atoms with Gasteiger partial charge in [-0.05, 0) is 32.4 Å². The van der Waals surface area contributed by atoms with E-state index in [1.807, 2.05) is 0 Å². The van der Waals surface area contributed by atoms with E-state index in [4.69, 9.17) is 9.47 Å². The highest BCUT2D eigenvalue weighted by molar-refractivity contribution is 6.01. The number of rotatable bonds is 4. The van der Waals surface area contributed by atoms with Gasteiger partial charge < -0.3 is 14.6 Å². The van der Waals surface area contributed by atoms with Crippen LogP contribution < -0.4 is 0 Å². The molecule has 0 saturated heterocycles. The maximum Gasteiger partial charge on any atom is 0.342 e. The average Bonchev–Trinajstić information content (AvgIpc) is 2.29. The fraction of sp³-hybridized carbons (Fsp3) is 0.385. The van der Waals surface area contributed by atoms with Crippen molar-refractivity contribution in [2.75, 3.05) is 13.2 Å². The van der Waals surface area contributed by atoms with E-state index in [1.54, 1.807) is 26.8 Å². The van der Waals surface area contributed by atoms with Gasteiger partial charge in [0, 0.05) is 0 Å². The third-order valence-electron chi connectivity index (χ3n) is 2.36. The zero-order valence-corrected chi connectivity index (χ0v) is 10.6. The van der Waals surface area contributed by atoms with Crippen molar-refractivity contribution in [3.05, 3.63) is 28.8 Å². The summed E-state index contributed by atoms with van der Waals surface area (Å²) in [6, 6.07) is 2.99. The van der Waals surface area contributed by atoms with Crippen molar-refractivity contribution in [3.8, 4) is 5.75 Å². The Balaban J connectivity index is 3.22. The molecule has 98 valence electrons. The molecule has 5 nitrogen and oxygen atoms in total. The molecular weight excluding hydrogens is 236 g/mol. The van der Waals surface area contributed by atoms with Crippen molar-refractivity contribution in [1.29, 1.82) is 0 Å². The average molecular weight is 252 g/mol. The zero-order valence-electron chi connectivity index (χ0n) is 10.6. The van der Waals surface area contributed by atoms with Crippen LogP contribution >= 0.6 is 0 Å². The summed E-state index contributed by atoms with van der Waals surface area (Å²) >= 11 is 0. The van der Waals surface area contributed by atoms with E-state index in [1.165, 1.54) is 6.07 Å². The van der Waals surface area contributed by atoms with Gasteiger partial charge in [-0.25, -0.2) is 9.59 Å². The Kier molecular flexibility index (Phi) is 4.71. The highest BCUT2D eigenvalue weighted by Crippen LogP contribution is 2.27. The van der Waals surface area contributed by atoms with Gasteiger partial charge in [0.2, 0.25) is 0 Å². The van der Waals surface area contributed by atoms with Crippen molar-refractivity contribution in [2.45, 2.75) is 20.8 Å². The zero-order chi connectivity index (χ0) is 13.7. The summed E-state index contributed by atoms with van der Waals surface area (Å²) in [5, 5.41) is 9.96. The minimum absolute atomic E-state index is 0.00223. The van der Waals surface area contributed by atoms with Crippen LogP contribution in [0.2, 0.25) is 0 Å². The van der Waals surface area contributed by atoms with E-state index in [9.17, 15) is 14.7 Å². The third kappa shape index (κ3) is 2.80. The number of aryl methyl sites for hydroxylation is 1. The molecule has 18 heavy (non-hydrogen) atoms. The normalized spacial score (nSPS) is 9.94. The summed E-state index contributed by atoms with van der Waals surface area (Å²) in [6.07, 6.45) is 0. The Morgan fingerprint density at radius 3 is 2.22 bits per heavy atom. The smallest absolute Gasteiger partial charge is 0.342 e. The minimum Gasteiger partial charge on any atom is -0.506 e. The molecule has 0 aromatic heterocycles. The first kappa shape index (κ1) is 14.0. The van der Waals surface area contributed by atoms with Crippen LogP contribution in [0.1, 0.15) is 40.1 Å². The second kappa shape index (κ2) is 6.05. The van der Waals surface area contributed by atoms with Crippen LogP contribution in [0.25, 0.3) is 0 Å². The lowest BCUT2D eigenvalue weighted by atomic mass is 10.0. The van der Waals surface area contributed by atoms with Crippen molar-refractivity contribution in [3.63, 3.8) is 0 Å². The second-order valence-corrected chi connectivity index (χ2v) is 3.59. The maximum atomic E-state index is 11.7. The standard InChI is InChI=1S/C13H16O5/c1-4-17-12(15)9-7-6-8(3)10(11(9)14)13(16)18-5-2/h6-7,14H,4-5H2,1-3H3. The molecular formula is C13H16O5. The number of phenolic OH excluding ortho intramolecular Hbond substituents is 1. The van der Waals surface area contributed by atoms with Crippen molar-refractivity contribution in [1.82, 2.24) is 0 Å². The van der Waals surface area contributed by atoms with Gasteiger partial charge >= 0.3 is 11.9 Å². The molecule has 0 saturated carbocycles. The van der Waals surface area contributed by atoms with E-state index in [0.29, 0.717) is 5.56 Å². The lowest BCUT2D eigenvalue weighted by Crippen LogP contribution is -2.11. The van der Waals surface area contributed by atoms with Gasteiger partial charge in [-0.3, -0.25) is 0 Å². The number of hydrogen-bond acceptors (Lipinski definition) is 5. The Morgan fingerprint density at radius 1 is 1.11 bits per heavy atom. The monoisotopic (exact) mass is 252 g/mol. The molecule has 0 bridgehead atoms. The van der Waals surface area contributed by atoms with E-state index >= 15 is 0 Å². The van der Waals surface area contributed by atoms with Gasteiger partial charge in [0.15, 0.2) is 0 Å². The Morgan fingerprint density at radius 2 is 1.67 bits per heavy atom. The molecule has 5 heteroatoms. The highest BCUT2D eigenvalue weighted by atomic mass is 16.5. The lowest BCUT2D eigenvalue weighted by molar-refractivity contribution is 0.0518. The number of carbonyl (C=O) groups is 2. The van der Waals surface area contributed by atoms with Crippen molar-refractivity contribution >= 4 is 11.9 Å². The first-order valence-corrected chi connectivity index (χ1v) is 5.69. The summed E-state index contributed by atoms with van der Waals surface area (Å²) in [7, 11) is 0. The van der Waals surface area contributed by atoms with Crippen LogP contribution in [-0.2, 0) is 9.47 Å². The molecule has 0 aliphatic rings. The first-order valence-electron chi connectivity index (χ1n) is 5.69. The molecule has 1 aromatic rings. The third-order valence-corrected chi connectivity index (χ3v) is 2.36. The van der Waals surface area contributed by atoms with Crippen LogP contribution in [0.3, 0.4) is 0 Å². The Hall–Kier alpha value is -2.04. The predicted octanol–water partition coefficient (Wildman–Crippen LogP) is 2.05. The molecule has 0 unspecified atom stereocenters. The van der Waals surface area contributed by atoms with E-state index in [-0.39, 0.29) is 24.3 Å². The van der Waals surface area contributed by atoms with Crippen LogP contribution in [0.15, 0.2) is 12.1 Å². The highest BCUT2D eigenvalue weighted by Gasteiger charge is 2.22. The Bertz CT molecular complexity index is 465. The number of hydrogen-bond donors (Lipinski definition) is 1. The molecule has 1 N–H and O–H groups in total. The lowest BCUT2D eigenvalue weighted by Gasteiger charge is -2.11. The first-order chi connectivity index (χ1) is 8.52. The number of phenols is 1. The second-order valence-electron chi connectivity index (χ2n) is 3.59. The van der Waals surface area contributed by atoms with E-state index < -0.39 is 17.7 Å². The van der Waals surface area contributed by atoms with E-state index in [0.717, 1.165) is 0 Å². The summed E-state index contributed by atoms with van der Waals surface area (Å²) < 4.78 is 9.63. The molecule has 1 aromatic carbocycles. The number of ether oxygens (including phenoxy) is 2. The summed E-state index contributed by atoms with van der Waals surface area (Å²) in [5.74, 6) is -1.72. The number of esters is 2. The summed E-state index contributed by atoms with van der Waals surface area (Å²) in [5.41, 5.74) is 0.506. The predicted molar refractivity (Wildman–Crippen MR) is 64.8 cm³/mol. The molecule has 0 aliphatic heterocycles. The fourth-order valence-corrected chi connectivity index (χ4v) is 1.53. The molecule has 0 aliphatic carbocycles. The molecule has 0 heterocycles. The van der Waals surface area contributed by atoms with Crippen molar-refractivity contribution < 1.29 is 24.2 Å². The van der Waals surface area contributed by atoms with Crippen LogP contribution in [-0.4, -0.2) is 30.3 Å². The fourth-order valence-electron chi connectivity index (χ4n) is 1.53. The topological polar surface area (TPSA) is 72.8 Å². The summed E-state index contributed by atoms with van der Waals surface area (Å²) in [4.78, 5) is 23.3. The maximum absolute atomic E-state index is 11.7. The summed E-state index contributed by atoms with van der Waals surface area (Å²) in [6.45, 7) is 5.37. The molecule has 0 fully saturated rings. The van der Waals surface area contributed by atoms with Crippen LogP contribution in [0, 0.1) is 6.92 Å². The van der Waals surface area contributed by atoms with Gasteiger partial charge in [-0.15, -0.1) is 0 Å². The minimum atomic E-state index is -0.666. The number of carbonyl (C=O) groups excluding carboxylic acids is 2. The van der Waals surface area contributed by atoms with Crippen LogP contribution in [0.4, 0.5) is 0 Å². The molecule has 0 radical (unpaired) electrons. The van der Waals surface area contributed by atoms with Crippen molar-refractivity contribution in [2.24, 2.45) is 0 Å². The quantitative estimate of drug-likeness (QED) is 0.830. The molecule has 0 atom stereocenters. The van der Waals surface area contributed by atoms with E-state index in [2.05, 4.69) is 0 Å². The van der Waals surface area contributed by atoms with Gasteiger partial charge in [-0.1, -0.05) is 6.07 Å². The number of aromatic hydroxyl groups is 1.